The van der Waals surface area contributed by atoms with E-state index in [1.165, 1.54) is 0 Å². The zero-order chi connectivity index (χ0) is 15.1. The van der Waals surface area contributed by atoms with Crippen LogP contribution < -0.4 is 5.32 Å². The van der Waals surface area contributed by atoms with E-state index in [1.54, 1.807) is 23.3 Å². The Kier molecular flexibility index (Phi) is 5.78. The number of urea groups is 1. The van der Waals surface area contributed by atoms with Crippen LogP contribution in [0, 0.1) is 6.92 Å². The average molecular weight is 304 g/mol. The van der Waals surface area contributed by atoms with E-state index < -0.39 is 0 Å². The lowest BCUT2D eigenvalue weighted by Crippen LogP contribution is -2.36. The van der Waals surface area contributed by atoms with Gasteiger partial charge in [0.2, 0.25) is 0 Å². The number of carbonyl (C=O) groups is 1. The minimum Gasteiger partial charge on any atom is -0.383 e. The second-order valence-electron chi connectivity index (χ2n) is 4.85. The van der Waals surface area contributed by atoms with Crippen LogP contribution in [0.2, 0.25) is 0 Å². The minimum absolute atomic E-state index is 0.108. The highest BCUT2D eigenvalue weighted by atomic mass is 32.1. The molecule has 0 aliphatic rings. The highest BCUT2D eigenvalue weighted by molar-refractivity contribution is 7.07. The molecule has 2 amide bonds. The molecule has 0 fully saturated rings. The maximum Gasteiger partial charge on any atom is 0.322 e. The van der Waals surface area contributed by atoms with Gasteiger partial charge in [-0.3, -0.25) is 0 Å². The summed E-state index contributed by atoms with van der Waals surface area (Å²) in [4.78, 5) is 14.2. The van der Waals surface area contributed by atoms with Gasteiger partial charge >= 0.3 is 6.03 Å². The molecule has 112 valence electrons. The molecule has 5 heteroatoms. The maximum absolute atomic E-state index is 12.4. The van der Waals surface area contributed by atoms with Gasteiger partial charge in [-0.2, -0.15) is 11.3 Å². The summed E-state index contributed by atoms with van der Waals surface area (Å²) < 4.78 is 5.09. The van der Waals surface area contributed by atoms with Crippen molar-refractivity contribution in [2.24, 2.45) is 0 Å². The van der Waals surface area contributed by atoms with E-state index in [0.29, 0.717) is 19.7 Å². The molecular formula is C16H20N2O2S. The molecule has 0 aliphatic carbocycles. The van der Waals surface area contributed by atoms with Crippen molar-refractivity contribution in [1.29, 1.82) is 0 Å². The summed E-state index contributed by atoms with van der Waals surface area (Å²) in [7, 11) is 1.64. The van der Waals surface area contributed by atoms with Gasteiger partial charge in [-0.25, -0.2) is 4.79 Å². The normalized spacial score (nSPS) is 10.4. The SMILES string of the molecule is COCCN(Cc1ccsc1)C(=O)Nc1cccc(C)c1. The molecule has 0 saturated heterocycles. The summed E-state index contributed by atoms with van der Waals surface area (Å²) >= 11 is 1.63. The lowest BCUT2D eigenvalue weighted by Gasteiger charge is -2.22. The lowest BCUT2D eigenvalue weighted by molar-refractivity contribution is 0.153. The fraction of sp³-hybridized carbons (Fsp3) is 0.312. The standard InChI is InChI=1S/C16H20N2O2S/c1-13-4-3-5-15(10-13)17-16(19)18(7-8-20-2)11-14-6-9-21-12-14/h3-6,9-10,12H,7-8,11H2,1-2H3,(H,17,19). The largest absolute Gasteiger partial charge is 0.383 e. The van der Waals surface area contributed by atoms with Crippen LogP contribution in [0.3, 0.4) is 0 Å². The van der Waals surface area contributed by atoms with Crippen LogP contribution >= 0.6 is 11.3 Å². The van der Waals surface area contributed by atoms with Crippen molar-refractivity contribution < 1.29 is 9.53 Å². The highest BCUT2D eigenvalue weighted by Gasteiger charge is 2.14. The molecule has 1 aromatic heterocycles. The van der Waals surface area contributed by atoms with Crippen molar-refractivity contribution in [2.45, 2.75) is 13.5 Å². The third-order valence-corrected chi connectivity index (χ3v) is 3.81. The first-order chi connectivity index (χ1) is 10.2. The van der Waals surface area contributed by atoms with Crippen LogP contribution in [0.4, 0.5) is 10.5 Å². The Hall–Kier alpha value is -1.85. The fourth-order valence-electron chi connectivity index (χ4n) is 1.98. The van der Waals surface area contributed by atoms with E-state index in [-0.39, 0.29) is 6.03 Å². The number of aryl methyl sites for hydroxylation is 1. The van der Waals surface area contributed by atoms with E-state index in [1.807, 2.05) is 42.6 Å². The van der Waals surface area contributed by atoms with Crippen molar-refractivity contribution in [3.05, 3.63) is 52.2 Å². The molecule has 0 aliphatic heterocycles. The van der Waals surface area contributed by atoms with Crippen LogP contribution in [0.1, 0.15) is 11.1 Å². The number of anilines is 1. The molecule has 0 spiro atoms. The first-order valence-corrected chi connectivity index (χ1v) is 7.76. The molecule has 1 N–H and O–H groups in total. The molecule has 21 heavy (non-hydrogen) atoms. The molecule has 0 radical (unpaired) electrons. The number of carbonyl (C=O) groups excluding carboxylic acids is 1. The summed E-state index contributed by atoms with van der Waals surface area (Å²) in [6.45, 7) is 3.67. The Morgan fingerprint density at radius 2 is 2.24 bits per heavy atom. The van der Waals surface area contributed by atoms with Gasteiger partial charge in [0.05, 0.1) is 6.61 Å². The maximum atomic E-state index is 12.4. The second-order valence-corrected chi connectivity index (χ2v) is 5.63. The van der Waals surface area contributed by atoms with E-state index >= 15 is 0 Å². The van der Waals surface area contributed by atoms with Crippen LogP contribution in [-0.2, 0) is 11.3 Å². The number of amides is 2. The fourth-order valence-corrected chi connectivity index (χ4v) is 2.64. The Balaban J connectivity index is 2.02. The first kappa shape index (κ1) is 15.5. The van der Waals surface area contributed by atoms with Crippen LogP contribution in [0.25, 0.3) is 0 Å². The Bertz CT molecular complexity index is 569. The second kappa shape index (κ2) is 7.81. The molecular weight excluding hydrogens is 284 g/mol. The number of ether oxygens (including phenoxy) is 1. The predicted molar refractivity (Wildman–Crippen MR) is 86.8 cm³/mol. The summed E-state index contributed by atoms with van der Waals surface area (Å²) in [5, 5.41) is 7.01. The molecule has 0 unspecified atom stereocenters. The Morgan fingerprint density at radius 3 is 2.90 bits per heavy atom. The summed E-state index contributed by atoms with van der Waals surface area (Å²) in [6, 6.07) is 9.71. The number of benzene rings is 1. The molecule has 2 aromatic rings. The van der Waals surface area contributed by atoms with Gasteiger partial charge in [-0.1, -0.05) is 12.1 Å². The predicted octanol–water partition coefficient (Wildman–Crippen LogP) is 3.74. The molecule has 0 bridgehead atoms. The summed E-state index contributed by atoms with van der Waals surface area (Å²) in [5.41, 5.74) is 3.07. The van der Waals surface area contributed by atoms with E-state index in [0.717, 1.165) is 16.8 Å². The third-order valence-electron chi connectivity index (χ3n) is 3.08. The van der Waals surface area contributed by atoms with Crippen LogP contribution in [0.5, 0.6) is 0 Å². The number of rotatable bonds is 6. The molecule has 1 heterocycles. The molecule has 4 nitrogen and oxygen atoms in total. The van der Waals surface area contributed by atoms with Gasteiger partial charge < -0.3 is 15.0 Å². The van der Waals surface area contributed by atoms with Gasteiger partial charge in [0.1, 0.15) is 0 Å². The van der Waals surface area contributed by atoms with Gasteiger partial charge in [0.25, 0.3) is 0 Å². The van der Waals surface area contributed by atoms with E-state index in [2.05, 4.69) is 10.7 Å². The molecule has 0 atom stereocenters. The Labute approximate surface area is 129 Å². The number of hydrogen-bond acceptors (Lipinski definition) is 3. The van der Waals surface area contributed by atoms with Gasteiger partial charge in [0.15, 0.2) is 0 Å². The first-order valence-electron chi connectivity index (χ1n) is 6.81. The number of nitrogens with zero attached hydrogens (tertiary/aromatic N) is 1. The molecule has 0 saturated carbocycles. The highest BCUT2D eigenvalue weighted by Crippen LogP contribution is 2.13. The van der Waals surface area contributed by atoms with Gasteiger partial charge in [-0.05, 0) is 47.0 Å². The van der Waals surface area contributed by atoms with E-state index in [4.69, 9.17) is 4.74 Å². The topological polar surface area (TPSA) is 41.6 Å². The zero-order valence-corrected chi connectivity index (χ0v) is 13.2. The number of nitrogens with one attached hydrogen (secondary N) is 1. The smallest absolute Gasteiger partial charge is 0.322 e. The van der Waals surface area contributed by atoms with Crippen LogP contribution in [-0.4, -0.2) is 31.2 Å². The molecule has 2 rings (SSSR count). The third kappa shape index (κ3) is 4.88. The van der Waals surface area contributed by atoms with Gasteiger partial charge in [0, 0.05) is 25.9 Å². The zero-order valence-electron chi connectivity index (χ0n) is 12.3. The summed E-state index contributed by atoms with van der Waals surface area (Å²) in [6.07, 6.45) is 0. The average Bonchev–Trinajstić information content (AvgIpc) is 2.96. The summed E-state index contributed by atoms with van der Waals surface area (Å²) in [5.74, 6) is 0. The van der Waals surface area contributed by atoms with Crippen molar-refractivity contribution >= 4 is 23.1 Å². The van der Waals surface area contributed by atoms with Crippen molar-refractivity contribution in [3.8, 4) is 0 Å². The molecule has 1 aromatic carbocycles. The number of thiophene rings is 1. The van der Waals surface area contributed by atoms with E-state index in [9.17, 15) is 4.79 Å². The van der Waals surface area contributed by atoms with Crippen LogP contribution in [0.15, 0.2) is 41.1 Å². The number of methoxy groups -OCH3 is 1. The van der Waals surface area contributed by atoms with Crippen molar-refractivity contribution in [2.75, 3.05) is 25.6 Å². The van der Waals surface area contributed by atoms with Crippen molar-refractivity contribution in [3.63, 3.8) is 0 Å². The quantitative estimate of drug-likeness (QED) is 0.883. The minimum atomic E-state index is -0.108. The Morgan fingerprint density at radius 1 is 1.38 bits per heavy atom. The lowest BCUT2D eigenvalue weighted by atomic mass is 10.2. The van der Waals surface area contributed by atoms with Gasteiger partial charge in [-0.15, -0.1) is 0 Å². The number of hydrogen-bond donors (Lipinski definition) is 1. The monoisotopic (exact) mass is 304 g/mol. The van der Waals surface area contributed by atoms with Crippen molar-refractivity contribution in [1.82, 2.24) is 4.90 Å².